The van der Waals surface area contributed by atoms with Crippen LogP contribution in [0.1, 0.15) is 106 Å². The van der Waals surface area contributed by atoms with Gasteiger partial charge in [-0.05, 0) is 98.4 Å². The van der Waals surface area contributed by atoms with Gasteiger partial charge in [0.15, 0.2) is 22.9 Å². The lowest BCUT2D eigenvalue weighted by Crippen LogP contribution is -2.55. The fraction of sp³-hybridized carbons (Fsp3) is 0.469. The van der Waals surface area contributed by atoms with E-state index >= 15 is 0 Å². The molecule has 2 atom stereocenters. The van der Waals surface area contributed by atoms with Crippen molar-refractivity contribution in [2.24, 2.45) is 11.3 Å². The number of carbonyl (C=O) groups is 2. The van der Waals surface area contributed by atoms with Crippen LogP contribution < -0.4 is 24.4 Å². The Hall–Kier alpha value is -6.27. The van der Waals surface area contributed by atoms with Crippen molar-refractivity contribution < 1.29 is 32.4 Å². The lowest BCUT2D eigenvalue weighted by atomic mass is 9.59. The molecule has 17 nitrogen and oxygen atoms in total. The zero-order valence-electron chi connectivity index (χ0n) is 38.1. The third kappa shape index (κ3) is 8.76. The summed E-state index contributed by atoms with van der Waals surface area (Å²) >= 11 is 0. The Kier molecular flexibility index (Phi) is 11.8. The van der Waals surface area contributed by atoms with E-state index in [1.807, 2.05) is 6.07 Å². The average molecular weight is 932 g/mol. The minimum Gasteiger partial charge on any atom is -0.489 e. The zero-order chi connectivity index (χ0) is 46.6. The van der Waals surface area contributed by atoms with Crippen molar-refractivity contribution in [1.82, 2.24) is 29.5 Å². The van der Waals surface area contributed by atoms with Crippen molar-refractivity contribution in [2.45, 2.75) is 101 Å². The molecule has 5 aromatic rings. The molecule has 1 saturated carbocycles. The van der Waals surface area contributed by atoms with Crippen LogP contribution >= 0.6 is 0 Å². The number of carbonyl (C=O) groups excluding carboxylic acids is 2. The van der Waals surface area contributed by atoms with Crippen LogP contribution in [0.3, 0.4) is 0 Å². The largest absolute Gasteiger partial charge is 0.489 e. The van der Waals surface area contributed by atoms with Crippen LogP contribution in [0.2, 0.25) is 0 Å². The van der Waals surface area contributed by atoms with Gasteiger partial charge in [-0.15, -0.1) is 0 Å². The molecule has 3 N–H and O–H groups in total. The molecule has 1 unspecified atom stereocenters. The molecule has 4 fully saturated rings. The number of nitro groups is 1. The Morgan fingerprint density at radius 3 is 2.51 bits per heavy atom. The number of piperidine rings is 2. The highest BCUT2D eigenvalue weighted by atomic mass is 32.2. The minimum atomic E-state index is -4.71. The van der Waals surface area contributed by atoms with E-state index in [2.05, 4.69) is 72.9 Å². The van der Waals surface area contributed by atoms with Crippen LogP contribution in [-0.2, 0) is 14.8 Å². The molecule has 67 heavy (non-hydrogen) atoms. The number of nitrogens with one attached hydrogen (secondary N) is 3. The molecule has 10 rings (SSSR count). The number of pyridine rings is 2. The van der Waals surface area contributed by atoms with E-state index in [9.17, 15) is 28.1 Å². The standard InChI is InChI=1S/C49H57N9O8S/c1-30(2)38-7-4-5-8-39(38)41-9-6-16-57(41)35-25-49(26-35)13-19-56(20-14-49)34-22-44(66-36-21-33-10-15-50-47(33)52-28-36)46(51-27-34)48(60)54-67(63,64)37-23-42(58(61)62)45-43(24-37)65-29-40(53-45)32-11-17-55(18-12-32)31(3)59/h4-5,7-8,10,15,21-24,27-28,30,32,35,40-41,53H,6,9,11-14,16-20,25-26,29H2,1-3H3,(H,50,52)(H,54,60)/t40?,41-/m0/s1. The van der Waals surface area contributed by atoms with Crippen molar-refractivity contribution in [3.8, 4) is 17.2 Å². The highest BCUT2D eigenvalue weighted by molar-refractivity contribution is 7.90. The molecule has 3 aromatic heterocycles. The number of H-pyrrole nitrogens is 1. The molecular weight excluding hydrogens is 875 g/mol. The van der Waals surface area contributed by atoms with Crippen LogP contribution in [0.15, 0.2) is 78.1 Å². The number of aromatic amines is 1. The van der Waals surface area contributed by atoms with Gasteiger partial charge in [0.2, 0.25) is 5.91 Å². The number of likely N-dealkylation sites (tertiary alicyclic amines) is 2. The summed E-state index contributed by atoms with van der Waals surface area (Å²) in [6.07, 6.45) is 13.0. The molecule has 352 valence electrons. The third-order valence-corrected chi connectivity index (χ3v) is 16.3. The van der Waals surface area contributed by atoms with Gasteiger partial charge in [-0.25, -0.2) is 23.1 Å². The molecule has 4 aliphatic heterocycles. The van der Waals surface area contributed by atoms with Crippen LogP contribution in [-0.4, -0.2) is 101 Å². The first kappa shape index (κ1) is 44.6. The normalized spacial score (nSPS) is 21.1. The highest BCUT2D eigenvalue weighted by Gasteiger charge is 2.50. The molecule has 0 radical (unpaired) electrons. The molecule has 3 saturated heterocycles. The predicted molar refractivity (Wildman–Crippen MR) is 252 cm³/mol. The molecule has 0 bridgehead atoms. The van der Waals surface area contributed by atoms with Gasteiger partial charge in [-0.2, -0.15) is 0 Å². The predicted octanol–water partition coefficient (Wildman–Crippen LogP) is 7.92. The van der Waals surface area contributed by atoms with Crippen LogP contribution in [0.4, 0.5) is 17.1 Å². The smallest absolute Gasteiger partial charge is 0.297 e. The number of nitrogens with zero attached hydrogens (tertiary/aromatic N) is 6. The molecule has 2 aromatic carbocycles. The number of ether oxygens (including phenoxy) is 2. The van der Waals surface area contributed by atoms with Gasteiger partial charge in [0.1, 0.15) is 18.0 Å². The lowest BCUT2D eigenvalue weighted by Gasteiger charge is -2.56. The fourth-order valence-electron chi connectivity index (χ4n) is 11.3. The summed E-state index contributed by atoms with van der Waals surface area (Å²) in [6.45, 7) is 10.1. The summed E-state index contributed by atoms with van der Waals surface area (Å²) in [5.41, 5.74) is 3.85. The quantitative estimate of drug-likeness (QED) is 0.0852. The summed E-state index contributed by atoms with van der Waals surface area (Å²) in [5.74, 6) is -0.200. The first-order chi connectivity index (χ1) is 32.2. The number of anilines is 2. The number of rotatable bonds is 11. The van der Waals surface area contributed by atoms with Gasteiger partial charge in [0.25, 0.3) is 21.6 Å². The second-order valence-corrected chi connectivity index (χ2v) is 21.1. The van der Waals surface area contributed by atoms with E-state index < -0.39 is 31.4 Å². The molecule has 1 spiro atoms. The fourth-order valence-corrected chi connectivity index (χ4v) is 12.3. The summed E-state index contributed by atoms with van der Waals surface area (Å²) in [5, 5.41) is 16.4. The Balaban J connectivity index is 0.850. The Morgan fingerprint density at radius 2 is 1.76 bits per heavy atom. The molecule has 1 aliphatic carbocycles. The Morgan fingerprint density at radius 1 is 0.985 bits per heavy atom. The van der Waals surface area contributed by atoms with Crippen molar-refractivity contribution in [1.29, 1.82) is 0 Å². The first-order valence-corrected chi connectivity index (χ1v) is 25.0. The SMILES string of the molecule is CC(=O)N1CCC(C2COc3cc(S(=O)(=O)NC(=O)c4ncc(N5CCC6(CC5)CC(N5CCC[C@H]5c5ccccc5C(C)C)C6)cc4Oc4cnc5[nH]ccc5c4)cc([N+](=O)[O-])c3N2)CC1. The summed E-state index contributed by atoms with van der Waals surface area (Å²) < 4.78 is 42.3. The van der Waals surface area contributed by atoms with Crippen LogP contribution in [0, 0.1) is 21.4 Å². The van der Waals surface area contributed by atoms with Crippen LogP contribution in [0.5, 0.6) is 17.2 Å². The number of sulfonamides is 1. The van der Waals surface area contributed by atoms with E-state index in [-0.39, 0.29) is 52.8 Å². The van der Waals surface area contributed by atoms with E-state index in [1.165, 1.54) is 56.0 Å². The Labute approximate surface area is 389 Å². The maximum Gasteiger partial charge on any atom is 0.297 e. The highest BCUT2D eigenvalue weighted by Crippen LogP contribution is 2.54. The van der Waals surface area contributed by atoms with Crippen LogP contribution in [0.25, 0.3) is 11.0 Å². The van der Waals surface area contributed by atoms with Gasteiger partial charge in [-0.3, -0.25) is 24.6 Å². The van der Waals surface area contributed by atoms with E-state index in [4.69, 9.17) is 9.47 Å². The van der Waals surface area contributed by atoms with E-state index in [0.29, 0.717) is 55.3 Å². The van der Waals surface area contributed by atoms with Gasteiger partial charge < -0.3 is 29.6 Å². The topological polar surface area (TPSA) is 205 Å². The second-order valence-electron chi connectivity index (χ2n) is 19.4. The number of hydrogen-bond acceptors (Lipinski definition) is 13. The summed E-state index contributed by atoms with van der Waals surface area (Å²) in [6, 6.07) is 17.1. The van der Waals surface area contributed by atoms with Crippen molar-refractivity contribution in [3.05, 3.63) is 100 Å². The molecule has 18 heteroatoms. The van der Waals surface area contributed by atoms with Gasteiger partial charge >= 0.3 is 0 Å². The van der Waals surface area contributed by atoms with Crippen molar-refractivity contribution >= 4 is 49.9 Å². The van der Waals surface area contributed by atoms with E-state index in [0.717, 1.165) is 49.6 Å². The Bertz CT molecular complexity index is 2830. The number of fused-ring (bicyclic) bond motifs is 2. The second kappa shape index (κ2) is 17.8. The van der Waals surface area contributed by atoms with Crippen molar-refractivity contribution in [2.75, 3.05) is 49.5 Å². The van der Waals surface area contributed by atoms with Gasteiger partial charge in [0.05, 0.1) is 33.9 Å². The average Bonchev–Trinajstić information content (AvgIpc) is 4.00. The molecular formula is C49H57N9O8S. The number of nitro benzene ring substituents is 1. The zero-order valence-corrected chi connectivity index (χ0v) is 38.9. The minimum absolute atomic E-state index is 0.000557. The number of aromatic nitrogens is 3. The number of hydrogen-bond donors (Lipinski definition) is 3. The number of benzene rings is 2. The lowest BCUT2D eigenvalue weighted by molar-refractivity contribution is -0.384. The molecule has 2 amide bonds. The number of amides is 2. The maximum absolute atomic E-state index is 14.1. The van der Waals surface area contributed by atoms with Gasteiger partial charge in [-0.1, -0.05) is 38.1 Å². The maximum atomic E-state index is 14.1. The first-order valence-electron chi connectivity index (χ1n) is 23.5. The van der Waals surface area contributed by atoms with E-state index in [1.54, 1.807) is 29.4 Å². The van der Waals surface area contributed by atoms with Crippen molar-refractivity contribution in [3.63, 3.8) is 0 Å². The molecule has 5 aliphatic rings. The monoisotopic (exact) mass is 931 g/mol. The van der Waals surface area contributed by atoms with Gasteiger partial charge in [0, 0.05) is 75.0 Å². The summed E-state index contributed by atoms with van der Waals surface area (Å²) in [7, 11) is -4.71. The third-order valence-electron chi connectivity index (χ3n) is 15.0. The summed E-state index contributed by atoms with van der Waals surface area (Å²) in [4.78, 5) is 55.9. The molecule has 7 heterocycles.